The van der Waals surface area contributed by atoms with Crippen molar-refractivity contribution in [3.63, 3.8) is 0 Å². The van der Waals surface area contributed by atoms with Crippen molar-refractivity contribution in [2.45, 2.75) is 13.8 Å². The van der Waals surface area contributed by atoms with Crippen LogP contribution in [0.1, 0.15) is 24.5 Å². The molecule has 0 saturated heterocycles. The maximum atomic E-state index is 11.6. The third-order valence-corrected chi connectivity index (χ3v) is 1.29. The molecular weight excluding hydrogens is 187 g/mol. The minimum Gasteiger partial charge on any atom is -0.347 e. The number of alkyl halides is 1. The monoisotopic (exact) mass is 202 g/mol. The lowest BCUT2D eigenvalue weighted by Gasteiger charge is -1.99. The summed E-state index contributed by atoms with van der Waals surface area (Å²) < 4.78 is 13.0. The fraction of sp³-hybridized carbons (Fsp3) is 0.625. The normalized spacial score (nSPS) is 8.86. The first-order chi connectivity index (χ1) is 6.75. The summed E-state index contributed by atoms with van der Waals surface area (Å²) in [6.07, 6.45) is 1.27. The third-order valence-electron chi connectivity index (χ3n) is 1.29. The lowest BCUT2D eigenvalue weighted by atomic mass is 10.5. The number of carbonyl (C=O) groups is 1. The molecule has 0 radical (unpaired) electrons. The number of aryl methyl sites for hydroxylation is 1. The molecule has 6 heteroatoms. The zero-order valence-corrected chi connectivity index (χ0v) is 8.62. The molecule has 0 bridgehead atoms. The largest absolute Gasteiger partial charge is 0.347 e. The zero-order chi connectivity index (χ0) is 11.0. The van der Waals surface area contributed by atoms with Crippen molar-refractivity contribution in [3.05, 3.63) is 12.2 Å². The SMILES string of the molecule is CC.Cn1ncnc1C(=O)NCCF. The van der Waals surface area contributed by atoms with E-state index < -0.39 is 12.6 Å². The van der Waals surface area contributed by atoms with Gasteiger partial charge in [-0.1, -0.05) is 13.8 Å². The van der Waals surface area contributed by atoms with E-state index in [1.54, 1.807) is 7.05 Å². The van der Waals surface area contributed by atoms with E-state index in [2.05, 4.69) is 15.4 Å². The summed E-state index contributed by atoms with van der Waals surface area (Å²) in [7, 11) is 1.59. The van der Waals surface area contributed by atoms with Gasteiger partial charge in [0, 0.05) is 13.6 Å². The Bertz CT molecular complexity index is 274. The van der Waals surface area contributed by atoms with Gasteiger partial charge in [-0.3, -0.25) is 4.79 Å². The number of aromatic nitrogens is 3. The number of nitrogens with zero attached hydrogens (tertiary/aromatic N) is 3. The van der Waals surface area contributed by atoms with Gasteiger partial charge in [0.15, 0.2) is 0 Å². The van der Waals surface area contributed by atoms with Gasteiger partial charge in [-0.15, -0.1) is 0 Å². The van der Waals surface area contributed by atoms with Gasteiger partial charge in [0.25, 0.3) is 5.91 Å². The van der Waals surface area contributed by atoms with E-state index in [0.29, 0.717) is 0 Å². The zero-order valence-electron chi connectivity index (χ0n) is 8.62. The van der Waals surface area contributed by atoms with Gasteiger partial charge in [0.1, 0.15) is 13.0 Å². The molecule has 14 heavy (non-hydrogen) atoms. The topological polar surface area (TPSA) is 59.8 Å². The van der Waals surface area contributed by atoms with Crippen LogP contribution in [0.5, 0.6) is 0 Å². The Morgan fingerprint density at radius 3 is 2.71 bits per heavy atom. The van der Waals surface area contributed by atoms with E-state index in [0.717, 1.165) is 0 Å². The Hall–Kier alpha value is -1.46. The van der Waals surface area contributed by atoms with Crippen molar-refractivity contribution in [1.29, 1.82) is 0 Å². The van der Waals surface area contributed by atoms with Crippen LogP contribution >= 0.6 is 0 Å². The molecular formula is C8H15FN4O. The molecule has 1 N–H and O–H groups in total. The Kier molecular flexibility index (Phi) is 6.26. The molecule has 0 fully saturated rings. The molecule has 1 heterocycles. The first-order valence-electron chi connectivity index (χ1n) is 4.44. The highest BCUT2D eigenvalue weighted by Crippen LogP contribution is 1.89. The molecule has 0 unspecified atom stereocenters. The molecule has 5 nitrogen and oxygen atoms in total. The molecule has 0 aromatic carbocycles. The van der Waals surface area contributed by atoms with Gasteiger partial charge in [-0.05, 0) is 0 Å². The number of hydrogen-bond donors (Lipinski definition) is 1. The summed E-state index contributed by atoms with van der Waals surface area (Å²) in [6.45, 7) is 3.43. The Balaban J connectivity index is 0.000000791. The molecule has 1 rings (SSSR count). The van der Waals surface area contributed by atoms with Crippen molar-refractivity contribution in [2.75, 3.05) is 13.2 Å². The second-order valence-electron chi connectivity index (χ2n) is 2.15. The lowest BCUT2D eigenvalue weighted by Crippen LogP contribution is -2.28. The predicted octanol–water partition coefficient (Wildman–Crippen LogP) is 0.541. The molecule has 0 aliphatic carbocycles. The van der Waals surface area contributed by atoms with E-state index >= 15 is 0 Å². The van der Waals surface area contributed by atoms with E-state index in [-0.39, 0.29) is 12.4 Å². The summed E-state index contributed by atoms with van der Waals surface area (Å²) >= 11 is 0. The molecule has 80 valence electrons. The molecule has 0 saturated carbocycles. The molecule has 0 aliphatic rings. The Morgan fingerprint density at radius 1 is 1.64 bits per heavy atom. The highest BCUT2D eigenvalue weighted by molar-refractivity contribution is 5.90. The summed E-state index contributed by atoms with van der Waals surface area (Å²) in [5, 5.41) is 6.04. The maximum Gasteiger partial charge on any atom is 0.288 e. The minimum atomic E-state index is -0.580. The summed E-state index contributed by atoms with van der Waals surface area (Å²) in [6, 6.07) is 0. The smallest absolute Gasteiger partial charge is 0.288 e. The third kappa shape index (κ3) is 3.51. The highest BCUT2D eigenvalue weighted by Gasteiger charge is 2.09. The first kappa shape index (κ1) is 12.5. The van der Waals surface area contributed by atoms with Gasteiger partial charge in [0.05, 0.1) is 0 Å². The van der Waals surface area contributed by atoms with Gasteiger partial charge in [-0.25, -0.2) is 14.1 Å². The van der Waals surface area contributed by atoms with Crippen molar-refractivity contribution < 1.29 is 9.18 Å². The Morgan fingerprint density at radius 2 is 2.29 bits per heavy atom. The van der Waals surface area contributed by atoms with E-state index in [4.69, 9.17) is 0 Å². The summed E-state index contributed by atoms with van der Waals surface area (Å²) in [5.41, 5.74) is 0. The van der Waals surface area contributed by atoms with Crippen LogP contribution in [0.2, 0.25) is 0 Å². The number of carbonyl (C=O) groups excluding carboxylic acids is 1. The average molecular weight is 202 g/mol. The second kappa shape index (κ2) is 6.99. The van der Waals surface area contributed by atoms with Gasteiger partial charge < -0.3 is 5.32 Å². The maximum absolute atomic E-state index is 11.6. The van der Waals surface area contributed by atoms with Gasteiger partial charge >= 0.3 is 0 Å². The van der Waals surface area contributed by atoms with Crippen LogP contribution in [0.25, 0.3) is 0 Å². The van der Waals surface area contributed by atoms with Crippen LogP contribution in [0.15, 0.2) is 6.33 Å². The fourth-order valence-electron chi connectivity index (χ4n) is 0.742. The second-order valence-corrected chi connectivity index (χ2v) is 2.15. The number of rotatable bonds is 3. The predicted molar refractivity (Wildman–Crippen MR) is 50.7 cm³/mol. The quantitative estimate of drug-likeness (QED) is 0.778. The van der Waals surface area contributed by atoms with Crippen LogP contribution in [-0.2, 0) is 7.05 Å². The molecule has 0 spiro atoms. The van der Waals surface area contributed by atoms with Crippen LogP contribution in [-0.4, -0.2) is 33.9 Å². The van der Waals surface area contributed by atoms with Crippen molar-refractivity contribution in [3.8, 4) is 0 Å². The van der Waals surface area contributed by atoms with Crippen LogP contribution < -0.4 is 5.32 Å². The number of hydrogen-bond acceptors (Lipinski definition) is 3. The molecule has 1 aromatic rings. The number of halogens is 1. The highest BCUT2D eigenvalue weighted by atomic mass is 19.1. The van der Waals surface area contributed by atoms with E-state index in [1.807, 2.05) is 13.8 Å². The Labute approximate surface area is 82.3 Å². The van der Waals surface area contributed by atoms with Crippen LogP contribution in [0.4, 0.5) is 4.39 Å². The van der Waals surface area contributed by atoms with E-state index in [1.165, 1.54) is 11.0 Å². The summed E-state index contributed by atoms with van der Waals surface area (Å²) in [4.78, 5) is 14.8. The van der Waals surface area contributed by atoms with Crippen molar-refractivity contribution >= 4 is 5.91 Å². The lowest BCUT2D eigenvalue weighted by molar-refractivity contribution is 0.0936. The fourth-order valence-corrected chi connectivity index (χ4v) is 0.742. The molecule has 1 amide bonds. The molecule has 0 aliphatic heterocycles. The first-order valence-corrected chi connectivity index (χ1v) is 4.44. The number of amides is 1. The summed E-state index contributed by atoms with van der Waals surface area (Å²) in [5.74, 6) is -0.226. The van der Waals surface area contributed by atoms with Gasteiger partial charge in [-0.2, -0.15) is 5.10 Å². The van der Waals surface area contributed by atoms with E-state index in [9.17, 15) is 9.18 Å². The molecule has 1 aromatic heterocycles. The van der Waals surface area contributed by atoms with Crippen molar-refractivity contribution in [1.82, 2.24) is 20.1 Å². The standard InChI is InChI=1S/C6H9FN4O.C2H6/c1-11-5(9-4-10-11)6(12)8-3-2-7;1-2/h4H,2-3H2,1H3,(H,8,12);1-2H3. The van der Waals surface area contributed by atoms with Gasteiger partial charge in [0.2, 0.25) is 5.82 Å². The minimum absolute atomic E-state index is 0.00565. The van der Waals surface area contributed by atoms with Crippen molar-refractivity contribution in [2.24, 2.45) is 7.05 Å². The van der Waals surface area contributed by atoms with Crippen LogP contribution in [0.3, 0.4) is 0 Å². The van der Waals surface area contributed by atoms with Crippen LogP contribution in [0, 0.1) is 0 Å². The average Bonchev–Trinajstić information content (AvgIpc) is 2.64. The molecule has 0 atom stereocenters. The number of nitrogens with one attached hydrogen (secondary N) is 1.